The minimum Gasteiger partial charge on any atom is -0.480 e. The molecule has 41 heavy (non-hydrogen) atoms. The predicted octanol–water partition coefficient (Wildman–Crippen LogP) is 4.06. The SMILES string of the molecule is CN(C(=O)NC1CCN(C(=O)OC(C)(C)C)CC1)[C@@H](CO[Si](c1ccccc1)(c1ccccc1)C(C)(C)C)C(=O)O. The quantitative estimate of drug-likeness (QED) is 0.454. The van der Waals surface area contributed by atoms with Crippen LogP contribution in [0.2, 0.25) is 5.04 Å². The summed E-state index contributed by atoms with van der Waals surface area (Å²) < 4.78 is 12.3. The molecule has 9 nitrogen and oxygen atoms in total. The van der Waals surface area contributed by atoms with Gasteiger partial charge in [-0.05, 0) is 49.0 Å². The zero-order chi connectivity index (χ0) is 30.4. The summed E-state index contributed by atoms with van der Waals surface area (Å²) in [6.45, 7) is 12.6. The van der Waals surface area contributed by atoms with E-state index in [1.165, 1.54) is 11.9 Å². The van der Waals surface area contributed by atoms with E-state index in [1.807, 2.05) is 81.4 Å². The number of amides is 3. The van der Waals surface area contributed by atoms with Gasteiger partial charge in [-0.2, -0.15) is 0 Å². The number of carboxylic acid groups (broad SMARTS) is 1. The maximum Gasteiger partial charge on any atom is 0.410 e. The first kappa shape index (κ1) is 32.1. The highest BCUT2D eigenvalue weighted by atomic mass is 28.4. The van der Waals surface area contributed by atoms with Crippen molar-refractivity contribution in [1.29, 1.82) is 0 Å². The fourth-order valence-corrected chi connectivity index (χ4v) is 9.83. The van der Waals surface area contributed by atoms with Gasteiger partial charge in [-0.3, -0.25) is 0 Å². The van der Waals surface area contributed by atoms with Crippen LogP contribution < -0.4 is 15.7 Å². The number of carbonyl (C=O) groups excluding carboxylic acids is 2. The lowest BCUT2D eigenvalue weighted by Crippen LogP contribution is -2.67. The lowest BCUT2D eigenvalue weighted by molar-refractivity contribution is -0.142. The van der Waals surface area contributed by atoms with Gasteiger partial charge < -0.3 is 29.4 Å². The second-order valence-electron chi connectivity index (χ2n) is 12.6. The number of urea groups is 1. The number of carboxylic acids is 1. The summed E-state index contributed by atoms with van der Waals surface area (Å²) in [4.78, 5) is 40.9. The van der Waals surface area contributed by atoms with Crippen LogP contribution in [-0.2, 0) is 14.0 Å². The molecule has 0 spiro atoms. The van der Waals surface area contributed by atoms with E-state index in [0.29, 0.717) is 25.9 Å². The molecule has 3 rings (SSSR count). The van der Waals surface area contributed by atoms with Crippen molar-refractivity contribution >= 4 is 36.8 Å². The summed E-state index contributed by atoms with van der Waals surface area (Å²) in [6.07, 6.45) is 0.732. The molecule has 1 heterocycles. The number of nitrogens with zero attached hydrogens (tertiary/aromatic N) is 2. The van der Waals surface area contributed by atoms with Gasteiger partial charge in [-0.15, -0.1) is 0 Å². The van der Waals surface area contributed by atoms with Crippen LogP contribution in [0.15, 0.2) is 60.7 Å². The zero-order valence-electron chi connectivity index (χ0n) is 25.3. The Hall–Kier alpha value is -3.37. The van der Waals surface area contributed by atoms with Crippen molar-refractivity contribution in [2.75, 3.05) is 26.7 Å². The standard InChI is InChI=1S/C31H45N3O6Si/c1-30(2,3)40-29(38)34-20-18-23(19-21-34)32-28(37)33(7)26(27(35)36)22-39-41(31(4,5)6,24-14-10-8-11-15-24)25-16-12-9-13-17-25/h8-17,23,26H,18-22H2,1-7H3,(H,32,37)(H,35,36)/t26-/m0/s1. The third-order valence-electron chi connectivity index (χ3n) is 7.42. The fourth-order valence-electron chi connectivity index (χ4n) is 5.27. The topological polar surface area (TPSA) is 108 Å². The Labute approximate surface area is 244 Å². The monoisotopic (exact) mass is 583 g/mol. The Balaban J connectivity index is 1.74. The molecule has 1 aliphatic rings. The first-order valence-electron chi connectivity index (χ1n) is 14.1. The molecule has 0 unspecified atom stereocenters. The lowest BCUT2D eigenvalue weighted by atomic mass is 10.1. The van der Waals surface area contributed by atoms with Gasteiger partial charge in [0.15, 0.2) is 6.04 Å². The van der Waals surface area contributed by atoms with Gasteiger partial charge in [-0.25, -0.2) is 14.4 Å². The number of piperidine rings is 1. The van der Waals surface area contributed by atoms with Crippen LogP contribution in [-0.4, -0.2) is 85.7 Å². The maximum atomic E-state index is 13.2. The number of nitrogens with one attached hydrogen (secondary N) is 1. The van der Waals surface area contributed by atoms with Crippen LogP contribution in [0.4, 0.5) is 9.59 Å². The molecule has 10 heteroatoms. The maximum absolute atomic E-state index is 13.2. The first-order valence-corrected chi connectivity index (χ1v) is 16.1. The number of likely N-dealkylation sites (N-methyl/N-ethyl adjacent to an activating group) is 1. The second-order valence-corrected chi connectivity index (χ2v) is 16.9. The molecule has 0 aromatic heterocycles. The average Bonchev–Trinajstić information content (AvgIpc) is 2.90. The van der Waals surface area contributed by atoms with Crippen LogP contribution in [0.1, 0.15) is 54.4 Å². The van der Waals surface area contributed by atoms with Crippen LogP contribution in [0, 0.1) is 0 Å². The molecular formula is C31H45N3O6Si. The van der Waals surface area contributed by atoms with E-state index in [4.69, 9.17) is 9.16 Å². The highest BCUT2D eigenvalue weighted by molar-refractivity contribution is 6.99. The lowest BCUT2D eigenvalue weighted by Gasteiger charge is -2.44. The Morgan fingerprint density at radius 1 is 0.951 bits per heavy atom. The molecule has 224 valence electrons. The normalized spacial score (nSPS) is 15.6. The van der Waals surface area contributed by atoms with E-state index < -0.39 is 32.0 Å². The molecule has 1 saturated heterocycles. The summed E-state index contributed by atoms with van der Waals surface area (Å²) in [7, 11) is -1.50. The molecule has 0 saturated carbocycles. The number of hydrogen-bond acceptors (Lipinski definition) is 5. The highest BCUT2D eigenvalue weighted by Crippen LogP contribution is 2.37. The number of ether oxygens (including phenoxy) is 1. The van der Waals surface area contributed by atoms with E-state index in [1.54, 1.807) is 4.90 Å². The summed E-state index contributed by atoms with van der Waals surface area (Å²) in [6, 6.07) is 18.1. The van der Waals surface area contributed by atoms with Crippen molar-refractivity contribution in [1.82, 2.24) is 15.1 Å². The Kier molecular flexibility index (Phi) is 10.3. The first-order chi connectivity index (χ1) is 19.2. The van der Waals surface area contributed by atoms with Gasteiger partial charge in [0.05, 0.1) is 6.61 Å². The van der Waals surface area contributed by atoms with Crippen LogP contribution in [0.3, 0.4) is 0 Å². The summed E-state index contributed by atoms with van der Waals surface area (Å²) in [5, 5.41) is 14.9. The predicted molar refractivity (Wildman–Crippen MR) is 162 cm³/mol. The fraction of sp³-hybridized carbons (Fsp3) is 0.516. The number of carbonyl (C=O) groups is 3. The molecule has 2 N–H and O–H groups in total. The number of rotatable bonds is 8. The zero-order valence-corrected chi connectivity index (χ0v) is 26.3. The molecule has 0 bridgehead atoms. The molecule has 2 aromatic carbocycles. The smallest absolute Gasteiger partial charge is 0.410 e. The Morgan fingerprint density at radius 2 is 1.44 bits per heavy atom. The van der Waals surface area contributed by atoms with Crippen LogP contribution in [0.25, 0.3) is 0 Å². The number of likely N-dealkylation sites (tertiary alicyclic amines) is 1. The van der Waals surface area contributed by atoms with Gasteiger partial charge in [0.25, 0.3) is 8.32 Å². The summed E-state index contributed by atoms with van der Waals surface area (Å²) in [5.41, 5.74) is -0.576. The van der Waals surface area contributed by atoms with E-state index in [-0.39, 0.29) is 23.8 Å². The third-order valence-corrected chi connectivity index (χ3v) is 12.4. The van der Waals surface area contributed by atoms with Gasteiger partial charge >= 0.3 is 18.1 Å². The van der Waals surface area contributed by atoms with E-state index in [0.717, 1.165) is 10.4 Å². The van der Waals surface area contributed by atoms with Crippen LogP contribution >= 0.6 is 0 Å². The van der Waals surface area contributed by atoms with Crippen molar-refractivity contribution < 1.29 is 28.7 Å². The van der Waals surface area contributed by atoms with Crippen molar-refractivity contribution in [3.05, 3.63) is 60.7 Å². The van der Waals surface area contributed by atoms with Gasteiger partial charge in [0.1, 0.15) is 5.60 Å². The minimum absolute atomic E-state index is 0.163. The molecular weight excluding hydrogens is 538 g/mol. The highest BCUT2D eigenvalue weighted by Gasteiger charge is 2.51. The minimum atomic E-state index is -2.99. The number of benzene rings is 2. The largest absolute Gasteiger partial charge is 0.480 e. The van der Waals surface area contributed by atoms with E-state index >= 15 is 0 Å². The number of hydrogen-bond donors (Lipinski definition) is 2. The Morgan fingerprint density at radius 3 is 1.85 bits per heavy atom. The molecule has 1 atom stereocenters. The van der Waals surface area contributed by atoms with E-state index in [2.05, 4.69) is 26.1 Å². The number of aliphatic carboxylic acids is 1. The van der Waals surface area contributed by atoms with Gasteiger partial charge in [0, 0.05) is 26.2 Å². The van der Waals surface area contributed by atoms with Crippen molar-refractivity contribution in [2.24, 2.45) is 0 Å². The Bertz CT molecular complexity index is 1130. The van der Waals surface area contributed by atoms with Crippen molar-refractivity contribution in [3.63, 3.8) is 0 Å². The second kappa shape index (κ2) is 13.1. The van der Waals surface area contributed by atoms with E-state index in [9.17, 15) is 19.5 Å². The van der Waals surface area contributed by atoms with Gasteiger partial charge in [-0.1, -0.05) is 81.4 Å². The summed E-state index contributed by atoms with van der Waals surface area (Å²) >= 11 is 0. The molecule has 2 aromatic rings. The molecule has 0 aliphatic carbocycles. The summed E-state index contributed by atoms with van der Waals surface area (Å²) in [5.74, 6) is -1.14. The van der Waals surface area contributed by atoms with Crippen molar-refractivity contribution in [3.8, 4) is 0 Å². The average molecular weight is 584 g/mol. The van der Waals surface area contributed by atoms with Crippen LogP contribution in [0.5, 0.6) is 0 Å². The molecule has 0 radical (unpaired) electrons. The van der Waals surface area contributed by atoms with Gasteiger partial charge in [0.2, 0.25) is 0 Å². The molecule has 3 amide bonds. The third kappa shape index (κ3) is 7.89. The molecule has 1 aliphatic heterocycles. The molecule has 1 fully saturated rings. The van der Waals surface area contributed by atoms with Crippen molar-refractivity contribution in [2.45, 2.75) is 77.1 Å².